The molecule has 0 aliphatic rings. The van der Waals surface area contributed by atoms with Crippen molar-refractivity contribution in [1.29, 1.82) is 5.41 Å². The Hall–Kier alpha value is -0.370. The molecule has 0 fully saturated rings. The lowest BCUT2D eigenvalue weighted by atomic mass is 10.1. The van der Waals surface area contributed by atoms with E-state index in [9.17, 15) is 0 Å². The molecule has 0 aromatic rings. The van der Waals surface area contributed by atoms with E-state index in [0.29, 0.717) is 0 Å². The summed E-state index contributed by atoms with van der Waals surface area (Å²) in [5, 5.41) is 15.4. The maximum absolute atomic E-state index is 8.38. The largest absolute Gasteiger partial charge is 0.396 e. The Labute approximate surface area is 56.4 Å². The van der Waals surface area contributed by atoms with E-state index in [2.05, 4.69) is 0 Å². The third kappa shape index (κ3) is 7.63. The Bertz CT molecular complexity index is 81.0. The van der Waals surface area contributed by atoms with E-state index in [0.717, 1.165) is 31.4 Å². The fraction of sp³-hybridized carbons (Fsp3) is 0.857. The first-order valence-corrected chi connectivity index (χ1v) is 3.42. The fourth-order valence-corrected chi connectivity index (χ4v) is 0.679. The van der Waals surface area contributed by atoms with Crippen LogP contribution in [-0.2, 0) is 0 Å². The molecule has 0 aliphatic carbocycles. The van der Waals surface area contributed by atoms with E-state index in [4.69, 9.17) is 10.5 Å². The molecule has 0 aliphatic heterocycles. The van der Waals surface area contributed by atoms with Crippen molar-refractivity contribution in [3.8, 4) is 0 Å². The first kappa shape index (κ1) is 8.63. The second kappa shape index (κ2) is 5.76. The molecule has 0 heterocycles. The minimum atomic E-state index is 0.289. The molecule has 2 heteroatoms. The SMILES string of the molecule is CC(=N)CCCCCO. The van der Waals surface area contributed by atoms with Crippen molar-refractivity contribution >= 4 is 5.71 Å². The molecule has 0 rings (SSSR count). The van der Waals surface area contributed by atoms with Gasteiger partial charge in [-0.15, -0.1) is 0 Å². The molecule has 2 nitrogen and oxygen atoms in total. The second-order valence-electron chi connectivity index (χ2n) is 2.31. The quantitative estimate of drug-likeness (QED) is 0.429. The van der Waals surface area contributed by atoms with Crippen LogP contribution in [0.3, 0.4) is 0 Å². The lowest BCUT2D eigenvalue weighted by Gasteiger charge is -1.95. The molecular formula is C7H15NO. The van der Waals surface area contributed by atoms with Crippen molar-refractivity contribution in [3.05, 3.63) is 0 Å². The number of hydrogen-bond donors (Lipinski definition) is 2. The van der Waals surface area contributed by atoms with Gasteiger partial charge in [-0.1, -0.05) is 6.42 Å². The van der Waals surface area contributed by atoms with Crippen molar-refractivity contribution in [2.24, 2.45) is 0 Å². The molecule has 0 aromatic carbocycles. The average Bonchev–Trinajstić information content (AvgIpc) is 1.80. The summed E-state index contributed by atoms with van der Waals surface area (Å²) in [4.78, 5) is 0. The lowest BCUT2D eigenvalue weighted by molar-refractivity contribution is 0.283. The monoisotopic (exact) mass is 129 g/mol. The van der Waals surface area contributed by atoms with E-state index < -0.39 is 0 Å². The van der Waals surface area contributed by atoms with Gasteiger partial charge in [0.1, 0.15) is 0 Å². The van der Waals surface area contributed by atoms with Gasteiger partial charge in [0.05, 0.1) is 0 Å². The normalized spacial score (nSPS) is 9.56. The number of nitrogens with one attached hydrogen (secondary N) is 1. The van der Waals surface area contributed by atoms with Crippen LogP contribution < -0.4 is 0 Å². The Kier molecular flexibility index (Phi) is 5.52. The van der Waals surface area contributed by atoms with Crippen molar-refractivity contribution < 1.29 is 5.11 Å². The molecule has 0 aromatic heterocycles. The Morgan fingerprint density at radius 2 is 2.00 bits per heavy atom. The van der Waals surface area contributed by atoms with Crippen LogP contribution in [0.4, 0.5) is 0 Å². The molecule has 2 N–H and O–H groups in total. The number of rotatable bonds is 5. The van der Waals surface area contributed by atoms with E-state index in [1.807, 2.05) is 6.92 Å². The molecule has 9 heavy (non-hydrogen) atoms. The van der Waals surface area contributed by atoms with Crippen LogP contribution in [0.15, 0.2) is 0 Å². The highest BCUT2D eigenvalue weighted by molar-refractivity contribution is 5.78. The van der Waals surface area contributed by atoms with Gasteiger partial charge < -0.3 is 10.5 Å². The topological polar surface area (TPSA) is 44.1 Å². The van der Waals surface area contributed by atoms with Gasteiger partial charge in [0.15, 0.2) is 0 Å². The highest BCUT2D eigenvalue weighted by Crippen LogP contribution is 1.98. The molecule has 0 saturated heterocycles. The third-order valence-electron chi connectivity index (χ3n) is 1.21. The van der Waals surface area contributed by atoms with Crippen molar-refractivity contribution in [2.45, 2.75) is 32.6 Å². The van der Waals surface area contributed by atoms with Gasteiger partial charge in [-0.3, -0.25) is 0 Å². The van der Waals surface area contributed by atoms with E-state index >= 15 is 0 Å². The number of aliphatic hydroxyl groups is 1. The zero-order valence-corrected chi connectivity index (χ0v) is 5.98. The summed E-state index contributed by atoms with van der Waals surface area (Å²) in [5.74, 6) is 0. The van der Waals surface area contributed by atoms with E-state index in [1.165, 1.54) is 0 Å². The van der Waals surface area contributed by atoms with Gasteiger partial charge >= 0.3 is 0 Å². The number of hydrogen-bond acceptors (Lipinski definition) is 2. The smallest absolute Gasteiger partial charge is 0.0431 e. The summed E-state index contributed by atoms with van der Waals surface area (Å²) in [6.45, 7) is 2.11. The van der Waals surface area contributed by atoms with Crippen LogP contribution >= 0.6 is 0 Å². The summed E-state index contributed by atoms with van der Waals surface area (Å²) in [7, 11) is 0. The summed E-state index contributed by atoms with van der Waals surface area (Å²) in [6, 6.07) is 0. The van der Waals surface area contributed by atoms with Gasteiger partial charge in [0.2, 0.25) is 0 Å². The Morgan fingerprint density at radius 1 is 1.33 bits per heavy atom. The first-order valence-electron chi connectivity index (χ1n) is 3.42. The van der Waals surface area contributed by atoms with Crippen LogP contribution in [-0.4, -0.2) is 17.4 Å². The van der Waals surface area contributed by atoms with Crippen LogP contribution in [0.5, 0.6) is 0 Å². The molecule has 0 unspecified atom stereocenters. The van der Waals surface area contributed by atoms with Crippen LogP contribution in [0.25, 0.3) is 0 Å². The number of unbranched alkanes of at least 4 members (excludes halogenated alkanes) is 2. The fourth-order valence-electron chi connectivity index (χ4n) is 0.679. The molecule has 0 atom stereocenters. The maximum Gasteiger partial charge on any atom is 0.0431 e. The summed E-state index contributed by atoms with van der Waals surface area (Å²) >= 11 is 0. The van der Waals surface area contributed by atoms with Crippen LogP contribution in [0.1, 0.15) is 32.6 Å². The zero-order chi connectivity index (χ0) is 7.11. The minimum Gasteiger partial charge on any atom is -0.396 e. The molecule has 0 bridgehead atoms. The minimum absolute atomic E-state index is 0.289. The van der Waals surface area contributed by atoms with Gasteiger partial charge in [-0.05, 0) is 26.2 Å². The highest BCUT2D eigenvalue weighted by atomic mass is 16.2. The number of aliphatic hydroxyl groups excluding tert-OH is 1. The average molecular weight is 129 g/mol. The molecular weight excluding hydrogens is 114 g/mol. The van der Waals surface area contributed by atoms with E-state index in [1.54, 1.807) is 0 Å². The molecule has 0 spiro atoms. The van der Waals surface area contributed by atoms with E-state index in [-0.39, 0.29) is 6.61 Å². The highest BCUT2D eigenvalue weighted by Gasteiger charge is 1.88. The van der Waals surface area contributed by atoms with Crippen molar-refractivity contribution in [2.75, 3.05) is 6.61 Å². The van der Waals surface area contributed by atoms with Gasteiger partial charge in [0, 0.05) is 12.3 Å². The summed E-state index contributed by atoms with van der Waals surface area (Å²) in [6.07, 6.45) is 3.87. The standard InChI is InChI=1S/C7H15NO/c1-7(8)5-3-2-4-6-9/h8-9H,2-6H2,1H3. The predicted molar refractivity (Wildman–Crippen MR) is 39.0 cm³/mol. The maximum atomic E-state index is 8.38. The van der Waals surface area contributed by atoms with Crippen molar-refractivity contribution in [1.82, 2.24) is 0 Å². The van der Waals surface area contributed by atoms with Crippen molar-refractivity contribution in [3.63, 3.8) is 0 Å². The Morgan fingerprint density at radius 3 is 2.44 bits per heavy atom. The summed E-state index contributed by atoms with van der Waals surface area (Å²) < 4.78 is 0. The zero-order valence-electron chi connectivity index (χ0n) is 5.98. The van der Waals surface area contributed by atoms with Crippen LogP contribution in [0, 0.1) is 5.41 Å². The Balaban J connectivity index is 2.83. The molecule has 54 valence electrons. The van der Waals surface area contributed by atoms with Crippen LogP contribution in [0.2, 0.25) is 0 Å². The molecule has 0 saturated carbocycles. The van der Waals surface area contributed by atoms with Gasteiger partial charge in [0.25, 0.3) is 0 Å². The third-order valence-corrected chi connectivity index (χ3v) is 1.21. The van der Waals surface area contributed by atoms with Gasteiger partial charge in [-0.2, -0.15) is 0 Å². The molecule has 0 radical (unpaired) electrons. The first-order chi connectivity index (χ1) is 4.27. The lowest BCUT2D eigenvalue weighted by Crippen LogP contribution is -1.89. The second-order valence-corrected chi connectivity index (χ2v) is 2.31. The van der Waals surface area contributed by atoms with Gasteiger partial charge in [-0.25, -0.2) is 0 Å². The predicted octanol–water partition coefficient (Wildman–Crippen LogP) is 1.58. The summed E-state index contributed by atoms with van der Waals surface area (Å²) in [5.41, 5.74) is 0.743. The molecule has 0 amide bonds.